The first-order chi connectivity index (χ1) is 27.5. The molecule has 0 bridgehead atoms. The summed E-state index contributed by atoms with van der Waals surface area (Å²) in [4.78, 5) is 30.5. The summed E-state index contributed by atoms with van der Waals surface area (Å²) in [5, 5.41) is 1.03. The van der Waals surface area contributed by atoms with Crippen molar-refractivity contribution in [3.05, 3.63) is 222 Å². The van der Waals surface area contributed by atoms with Gasteiger partial charge in [0.2, 0.25) is 11.6 Å². The lowest BCUT2D eigenvalue weighted by Gasteiger charge is -2.23. The Labute approximate surface area is 343 Å². The van der Waals surface area contributed by atoms with Crippen LogP contribution in [-0.4, -0.2) is 23.8 Å². The smallest absolute Gasteiger partial charge is 0.204 e. The number of rotatable bonds is 10. The van der Waals surface area contributed by atoms with E-state index >= 15 is 0 Å². The molecule has 0 spiro atoms. The topological polar surface area (TPSA) is 52.6 Å². The molecule has 0 aliphatic carbocycles. The standard InChI is InChI=1S/C48H34Cl2F2O4S/c1-27-3-7-31(8-4-27)41(53)45-39(29-15-23-37(51)24-16-29)47(43(55-45)33-11-19-35(49)20-12-33)57-48-40(30-17-25-38(52)26-18-30)46(42(54)32-9-5-28(2)6-10-32)56-44(48)34-13-21-36(50)22-14-34/h3-26,39-40,45-46H,1-2H3/t39-,40-,45+,46+/m1/s1. The van der Waals surface area contributed by atoms with Crippen LogP contribution in [0.5, 0.6) is 0 Å². The molecule has 0 fully saturated rings. The number of ether oxygens (including phenoxy) is 2. The Morgan fingerprint density at radius 2 is 0.825 bits per heavy atom. The summed E-state index contributed by atoms with van der Waals surface area (Å²) in [6.07, 6.45) is -2.11. The molecular formula is C48H34Cl2F2O4S. The van der Waals surface area contributed by atoms with Gasteiger partial charge in [0.15, 0.2) is 12.2 Å². The second kappa shape index (κ2) is 16.2. The van der Waals surface area contributed by atoms with Crippen molar-refractivity contribution in [3.8, 4) is 0 Å². The van der Waals surface area contributed by atoms with Gasteiger partial charge in [0.05, 0.1) is 11.8 Å². The van der Waals surface area contributed by atoms with Crippen molar-refractivity contribution in [1.29, 1.82) is 0 Å². The van der Waals surface area contributed by atoms with Crippen LogP contribution in [0.2, 0.25) is 10.0 Å². The molecule has 4 nitrogen and oxygen atoms in total. The maximum atomic E-state index is 14.6. The summed E-state index contributed by atoms with van der Waals surface area (Å²) in [6, 6.07) is 40.9. The average molecular weight is 816 g/mol. The van der Waals surface area contributed by atoms with Gasteiger partial charge in [0, 0.05) is 42.1 Å². The van der Waals surface area contributed by atoms with Gasteiger partial charge in [-0.2, -0.15) is 0 Å². The van der Waals surface area contributed by atoms with Crippen LogP contribution in [-0.2, 0) is 9.47 Å². The zero-order valence-electron chi connectivity index (χ0n) is 30.7. The molecule has 2 aliphatic rings. The van der Waals surface area contributed by atoms with Crippen LogP contribution in [0.1, 0.15) is 65.9 Å². The van der Waals surface area contributed by atoms with Crippen molar-refractivity contribution in [2.45, 2.75) is 37.9 Å². The van der Waals surface area contributed by atoms with Crippen LogP contribution in [0, 0.1) is 25.5 Å². The first-order valence-electron chi connectivity index (χ1n) is 18.3. The minimum atomic E-state index is -1.05. The molecular weight excluding hydrogens is 781 g/mol. The third-order valence-corrected chi connectivity index (χ3v) is 12.0. The van der Waals surface area contributed by atoms with E-state index in [1.54, 1.807) is 72.8 Å². The third-order valence-electron chi connectivity index (χ3n) is 10.2. The van der Waals surface area contributed by atoms with Crippen LogP contribution < -0.4 is 0 Å². The highest BCUT2D eigenvalue weighted by molar-refractivity contribution is 8.07. The summed E-state index contributed by atoms with van der Waals surface area (Å²) < 4.78 is 42.7. The normalized spacial score (nSPS) is 19.1. The number of hydrogen-bond acceptors (Lipinski definition) is 5. The predicted molar refractivity (Wildman–Crippen MR) is 223 cm³/mol. The molecule has 0 unspecified atom stereocenters. The number of carbonyl (C=O) groups excluding carboxylic acids is 2. The maximum Gasteiger partial charge on any atom is 0.204 e. The maximum absolute atomic E-state index is 14.6. The molecule has 57 heavy (non-hydrogen) atoms. The largest absolute Gasteiger partial charge is 0.480 e. The van der Waals surface area contributed by atoms with E-state index in [1.165, 1.54) is 36.0 Å². The molecule has 9 heteroatoms. The summed E-state index contributed by atoms with van der Waals surface area (Å²) in [6.45, 7) is 3.89. The molecule has 0 amide bonds. The first kappa shape index (κ1) is 38.4. The van der Waals surface area contributed by atoms with Gasteiger partial charge >= 0.3 is 0 Å². The summed E-state index contributed by atoms with van der Waals surface area (Å²) >= 11 is 14.1. The van der Waals surface area contributed by atoms with Crippen LogP contribution >= 0.6 is 35.0 Å². The second-order valence-electron chi connectivity index (χ2n) is 14.1. The fourth-order valence-electron chi connectivity index (χ4n) is 7.19. The Morgan fingerprint density at radius 1 is 0.491 bits per heavy atom. The summed E-state index contributed by atoms with van der Waals surface area (Å²) in [7, 11) is 0. The molecule has 0 radical (unpaired) electrons. The molecule has 6 aromatic carbocycles. The monoisotopic (exact) mass is 814 g/mol. The van der Waals surface area contributed by atoms with Gasteiger partial charge < -0.3 is 9.47 Å². The number of aryl methyl sites for hydroxylation is 2. The van der Waals surface area contributed by atoms with Gasteiger partial charge in [0.1, 0.15) is 23.2 Å². The van der Waals surface area contributed by atoms with Crippen LogP contribution in [0.3, 0.4) is 0 Å². The van der Waals surface area contributed by atoms with E-state index in [2.05, 4.69) is 0 Å². The molecule has 8 rings (SSSR count). The Hall–Kier alpha value is -5.47. The fourth-order valence-corrected chi connectivity index (χ4v) is 8.97. The minimum absolute atomic E-state index is 0.261. The lowest BCUT2D eigenvalue weighted by molar-refractivity contribution is 0.0750. The molecule has 284 valence electrons. The molecule has 0 N–H and O–H groups in total. The third kappa shape index (κ3) is 7.93. The van der Waals surface area contributed by atoms with Gasteiger partial charge in [-0.05, 0) is 97.8 Å². The van der Waals surface area contributed by atoms with E-state index in [9.17, 15) is 18.4 Å². The minimum Gasteiger partial charge on any atom is -0.480 e. The van der Waals surface area contributed by atoms with Crippen molar-refractivity contribution in [1.82, 2.24) is 0 Å². The number of carbonyl (C=O) groups is 2. The van der Waals surface area contributed by atoms with Crippen molar-refractivity contribution in [2.24, 2.45) is 0 Å². The molecule has 0 saturated heterocycles. The first-order valence-corrected chi connectivity index (χ1v) is 19.9. The van der Waals surface area contributed by atoms with Gasteiger partial charge in [-0.15, -0.1) is 0 Å². The van der Waals surface area contributed by atoms with E-state index in [0.717, 1.165) is 11.1 Å². The molecule has 2 heterocycles. The van der Waals surface area contributed by atoms with Gasteiger partial charge in [-0.25, -0.2) is 8.78 Å². The van der Waals surface area contributed by atoms with E-state index < -0.39 is 35.7 Å². The number of hydrogen-bond donors (Lipinski definition) is 0. The average Bonchev–Trinajstić information content (AvgIpc) is 3.78. The van der Waals surface area contributed by atoms with Crippen molar-refractivity contribution in [3.63, 3.8) is 0 Å². The number of halogens is 4. The number of Topliss-reactive ketones (excluding diaryl/α,β-unsaturated/α-hetero) is 2. The van der Waals surface area contributed by atoms with Crippen LogP contribution in [0.15, 0.2) is 155 Å². The zero-order valence-corrected chi connectivity index (χ0v) is 33.0. The number of thioether (sulfide) groups is 1. The highest BCUT2D eigenvalue weighted by atomic mass is 35.5. The van der Waals surface area contributed by atoms with Crippen molar-refractivity contribution >= 4 is 58.0 Å². The quantitative estimate of drug-likeness (QED) is 0.129. The lowest BCUT2D eigenvalue weighted by atomic mass is 9.88. The SMILES string of the molecule is Cc1ccc(C(=O)[C@H]2OC(c3ccc(Cl)cc3)=C(SC3=C(c4ccc(Cl)cc4)O[C@H](C(=O)c4ccc(C)cc4)[C@H]3c3ccc(F)cc3)[C@@H]2c2ccc(F)cc2)cc1. The van der Waals surface area contributed by atoms with Crippen LogP contribution in [0.25, 0.3) is 11.5 Å². The van der Waals surface area contributed by atoms with E-state index in [0.29, 0.717) is 64.8 Å². The Morgan fingerprint density at radius 3 is 1.16 bits per heavy atom. The molecule has 6 aromatic rings. The van der Waals surface area contributed by atoms with Crippen molar-refractivity contribution in [2.75, 3.05) is 0 Å². The van der Waals surface area contributed by atoms with Gasteiger partial charge in [-0.3, -0.25) is 9.59 Å². The Kier molecular flexibility index (Phi) is 10.9. The van der Waals surface area contributed by atoms with Crippen molar-refractivity contribution < 1.29 is 27.8 Å². The zero-order chi connectivity index (χ0) is 39.8. The Bertz CT molecular complexity index is 2340. The summed E-state index contributed by atoms with van der Waals surface area (Å²) in [5.74, 6) is -1.99. The highest BCUT2D eigenvalue weighted by Gasteiger charge is 2.48. The molecule has 2 aliphatic heterocycles. The summed E-state index contributed by atoms with van der Waals surface area (Å²) in [5.41, 5.74) is 5.51. The van der Waals surface area contributed by atoms with E-state index in [-0.39, 0.29) is 11.6 Å². The molecule has 0 aromatic heterocycles. The van der Waals surface area contributed by atoms with Gasteiger partial charge in [0.25, 0.3) is 0 Å². The van der Waals surface area contributed by atoms with E-state index in [4.69, 9.17) is 32.7 Å². The number of benzene rings is 6. The van der Waals surface area contributed by atoms with E-state index in [1.807, 2.05) is 62.4 Å². The lowest BCUT2D eigenvalue weighted by Crippen LogP contribution is -2.28. The second-order valence-corrected chi connectivity index (χ2v) is 16.1. The number of ketones is 2. The predicted octanol–water partition coefficient (Wildman–Crippen LogP) is 12.8. The van der Waals surface area contributed by atoms with Gasteiger partial charge in [-0.1, -0.05) is 119 Å². The fraction of sp³-hybridized carbons (Fsp3) is 0.125. The van der Waals surface area contributed by atoms with Crippen LogP contribution in [0.4, 0.5) is 8.78 Å². The Balaban J connectivity index is 1.35. The molecule has 0 saturated carbocycles. The highest BCUT2D eigenvalue weighted by Crippen LogP contribution is 2.58. The molecule has 4 atom stereocenters.